The third-order valence-electron chi connectivity index (χ3n) is 1.90. The number of fused-ring (bicyclic) bond motifs is 1. The Labute approximate surface area is 160 Å². The van der Waals surface area contributed by atoms with Crippen LogP contribution in [0.3, 0.4) is 0 Å². The Morgan fingerprint density at radius 1 is 0.875 bits per heavy atom. The number of nitrogens with zero attached hydrogens (tertiary/aromatic N) is 1. The van der Waals surface area contributed by atoms with Crippen molar-refractivity contribution in [2.75, 3.05) is 0 Å². The Hall–Kier alpha value is 2.28. The molecule has 0 atom stereocenters. The predicted octanol–water partition coefficient (Wildman–Crippen LogP) is 2.21. The van der Waals surface area contributed by atoms with Gasteiger partial charge in [-0.05, 0) is 12.1 Å². The zero-order valence-corrected chi connectivity index (χ0v) is 19.2. The summed E-state index contributed by atoms with van der Waals surface area (Å²) < 4.78 is 2.12. The Kier molecular flexibility index (Phi) is 17.6. The van der Waals surface area contributed by atoms with Crippen LogP contribution in [0.25, 0.3) is 10.9 Å². The van der Waals surface area contributed by atoms with Gasteiger partial charge in [-0.3, -0.25) is 0 Å². The minimum atomic E-state index is 0. The molecule has 0 aliphatic carbocycles. The third kappa shape index (κ3) is 7.01. The van der Waals surface area contributed by atoms with Crippen LogP contribution in [0, 0.1) is 0 Å². The van der Waals surface area contributed by atoms with E-state index in [1.165, 1.54) is 10.9 Å². The summed E-state index contributed by atoms with van der Waals surface area (Å²) in [5.41, 5.74) is 1.27. The van der Waals surface area contributed by atoms with Gasteiger partial charge < -0.3 is 24.0 Å². The van der Waals surface area contributed by atoms with E-state index in [4.69, 9.17) is 0 Å². The Morgan fingerprint density at radius 2 is 1.38 bits per heavy atom. The number of aromatic nitrogens is 1. The van der Waals surface area contributed by atoms with Crippen LogP contribution in [0.15, 0.2) is 42.6 Å². The van der Waals surface area contributed by atoms with Gasteiger partial charge in [0.25, 0.3) is 0 Å². The minimum absolute atomic E-state index is 0. The molecule has 2 aromatic rings. The lowest BCUT2D eigenvalue weighted by atomic mass is 10.2. The maximum Gasteiger partial charge on any atom is 0.212 e. The van der Waals surface area contributed by atoms with Crippen molar-refractivity contribution in [2.45, 2.75) is 0 Å². The van der Waals surface area contributed by atoms with Gasteiger partial charge in [0.05, 0.1) is 0 Å². The molecule has 0 aliphatic rings. The van der Waals surface area contributed by atoms with Crippen LogP contribution in [0.2, 0.25) is 0 Å². The van der Waals surface area contributed by atoms with Crippen LogP contribution in [0.5, 0.6) is 0 Å². The van der Waals surface area contributed by atoms with Gasteiger partial charge in [0, 0.05) is 92.0 Å². The second kappa shape index (κ2) is 13.7. The smallest absolute Gasteiger partial charge is 0.212 e. The van der Waals surface area contributed by atoms with Gasteiger partial charge in [-0.25, -0.2) is 4.57 Å². The van der Waals surface area contributed by atoms with E-state index in [9.17, 15) is 0 Å². The number of benzene rings is 1. The zero-order chi connectivity index (χ0) is 11.7. The largest absolute Gasteiger partial charge is 1.00 e. The molecule has 1 heterocycles. The highest BCUT2D eigenvalue weighted by molar-refractivity contribution is 15.0. The Morgan fingerprint density at radius 3 is 1.94 bits per heavy atom. The van der Waals surface area contributed by atoms with Crippen molar-refractivity contribution < 1.29 is 28.5 Å². The second-order valence-electron chi connectivity index (χ2n) is 2.68. The summed E-state index contributed by atoms with van der Waals surface area (Å²) in [7, 11) is 2.06. The first kappa shape index (κ1) is 20.6. The quantitative estimate of drug-likeness (QED) is 0.286. The molecule has 16 heavy (non-hydrogen) atoms. The van der Waals surface area contributed by atoms with Gasteiger partial charge >= 0.3 is 0 Å². The molecule has 2 rings (SSSR count). The molecule has 90 valence electrons. The molecule has 0 bridgehead atoms. The van der Waals surface area contributed by atoms with Crippen molar-refractivity contribution in [3.8, 4) is 0 Å². The molecule has 0 aliphatic heterocycles. The van der Waals surface area contributed by atoms with Gasteiger partial charge in [0.2, 0.25) is 5.52 Å². The van der Waals surface area contributed by atoms with Crippen LogP contribution in [0.4, 0.5) is 0 Å². The second-order valence-corrected chi connectivity index (χ2v) is 2.68. The summed E-state index contributed by atoms with van der Waals surface area (Å²) in [5.74, 6) is 0. The van der Waals surface area contributed by atoms with Crippen molar-refractivity contribution in [3.63, 3.8) is 0 Å². The number of hydrogen-bond donors (Lipinski definition) is 0. The van der Waals surface area contributed by atoms with E-state index in [-0.39, 0.29) is 24.0 Å². The van der Waals surface area contributed by atoms with E-state index >= 15 is 0 Å². The van der Waals surface area contributed by atoms with Crippen LogP contribution < -0.4 is 28.5 Å². The van der Waals surface area contributed by atoms with E-state index in [0.29, 0.717) is 0 Å². The van der Waals surface area contributed by atoms with Crippen LogP contribution in [-0.2, 0) is 7.05 Å². The SMILES string of the molecule is C[n+]1cccc2ccccc21.II.II.[I-]. The minimum Gasteiger partial charge on any atom is -1.00 e. The summed E-state index contributed by atoms with van der Waals surface area (Å²) in [4.78, 5) is 0. The fraction of sp³-hybridized carbons (Fsp3) is 0.100. The normalized spacial score (nSPS) is 7.81. The van der Waals surface area contributed by atoms with Crippen LogP contribution >= 0.6 is 74.5 Å². The number of aryl methyl sites for hydroxylation is 1. The van der Waals surface area contributed by atoms with Gasteiger partial charge in [-0.15, -0.1) is 0 Å². The first-order valence-corrected chi connectivity index (χ1v) is 16.6. The predicted molar refractivity (Wildman–Crippen MR) is 101 cm³/mol. The number of para-hydroxylation sites is 1. The van der Waals surface area contributed by atoms with E-state index in [1.807, 2.05) is 0 Å². The molecule has 1 aromatic heterocycles. The van der Waals surface area contributed by atoms with E-state index in [2.05, 4.69) is 129 Å². The molecule has 0 fully saturated rings. The molecular weight excluding hydrogens is 769 g/mol. The first-order chi connectivity index (χ1) is 7.38. The molecule has 0 saturated heterocycles. The number of pyridine rings is 1. The summed E-state index contributed by atoms with van der Waals surface area (Å²) in [6, 6.07) is 12.5. The highest BCUT2D eigenvalue weighted by Crippen LogP contribution is 2.06. The standard InChI is InChI=1S/C10H10N.2I2.HI/c1-11-8-4-6-9-5-2-3-7-10(9)11;2*1-2;/h2-8H,1H3;;;1H/q+1;;;/p-1. The molecule has 0 unspecified atom stereocenters. The average Bonchev–Trinajstić information content (AvgIpc) is 2.35. The summed E-state index contributed by atoms with van der Waals surface area (Å²) in [6.45, 7) is 0. The number of halogens is 5. The van der Waals surface area contributed by atoms with Gasteiger partial charge in [-0.2, -0.15) is 0 Å². The number of rotatable bonds is 0. The molecule has 6 heteroatoms. The number of hydrogen-bond acceptors (Lipinski definition) is 0. The Bertz CT molecular complexity index is 388. The van der Waals surface area contributed by atoms with Crippen molar-refractivity contribution in [2.24, 2.45) is 7.05 Å². The van der Waals surface area contributed by atoms with Gasteiger partial charge in [-0.1, -0.05) is 12.1 Å². The molecule has 0 radical (unpaired) electrons. The highest BCUT2D eigenvalue weighted by Gasteiger charge is 1.99. The molecule has 1 nitrogen and oxygen atoms in total. The molecule has 0 amide bonds. The summed E-state index contributed by atoms with van der Waals surface area (Å²) in [6.07, 6.45) is 2.06. The van der Waals surface area contributed by atoms with Crippen LogP contribution in [0.1, 0.15) is 0 Å². The van der Waals surface area contributed by atoms with Crippen molar-refractivity contribution in [1.29, 1.82) is 0 Å². The molecule has 0 saturated carbocycles. The maximum absolute atomic E-state index is 2.12. The Balaban J connectivity index is 0. The molecule has 1 aromatic carbocycles. The lowest BCUT2D eigenvalue weighted by molar-refractivity contribution is -0.644. The van der Waals surface area contributed by atoms with E-state index in [0.717, 1.165) is 0 Å². The lowest BCUT2D eigenvalue weighted by Gasteiger charge is -1.93. The van der Waals surface area contributed by atoms with Crippen molar-refractivity contribution >= 4 is 85.4 Å². The molecular formula is C10H10I5N. The van der Waals surface area contributed by atoms with Crippen LogP contribution in [-0.4, -0.2) is 0 Å². The zero-order valence-electron chi connectivity index (χ0n) is 8.38. The fourth-order valence-electron chi connectivity index (χ4n) is 1.31. The monoisotopic (exact) mass is 779 g/mol. The summed E-state index contributed by atoms with van der Waals surface area (Å²) in [5, 5.41) is 1.29. The maximum atomic E-state index is 2.12. The third-order valence-corrected chi connectivity index (χ3v) is 1.90. The lowest BCUT2D eigenvalue weighted by Crippen LogP contribution is -3.00. The van der Waals surface area contributed by atoms with Crippen molar-refractivity contribution in [1.82, 2.24) is 0 Å². The fourth-order valence-corrected chi connectivity index (χ4v) is 1.31. The first-order valence-electron chi connectivity index (χ1n) is 4.00. The molecule has 0 N–H and O–H groups in total. The van der Waals surface area contributed by atoms with Crippen molar-refractivity contribution in [3.05, 3.63) is 42.6 Å². The van der Waals surface area contributed by atoms with Gasteiger partial charge in [0.1, 0.15) is 7.05 Å². The average molecular weight is 779 g/mol. The molecule has 0 spiro atoms. The van der Waals surface area contributed by atoms with Gasteiger partial charge in [0.15, 0.2) is 6.20 Å². The highest BCUT2D eigenvalue weighted by atomic mass is 128. The topological polar surface area (TPSA) is 3.88 Å². The van der Waals surface area contributed by atoms with E-state index < -0.39 is 0 Å². The van der Waals surface area contributed by atoms with E-state index in [1.54, 1.807) is 0 Å². The summed E-state index contributed by atoms with van der Waals surface area (Å²) >= 11 is 8.48.